The first-order chi connectivity index (χ1) is 12.3. The third-order valence-electron chi connectivity index (χ3n) is 3.91. The van der Waals surface area contributed by atoms with Crippen LogP contribution in [0.1, 0.15) is 18.5 Å². The number of benzene rings is 2. The van der Waals surface area contributed by atoms with E-state index in [1.54, 1.807) is 12.1 Å². The lowest BCUT2D eigenvalue weighted by atomic mass is 10.1. The van der Waals surface area contributed by atoms with Gasteiger partial charge < -0.3 is 5.32 Å². The summed E-state index contributed by atoms with van der Waals surface area (Å²) in [5, 5.41) is 4.35. The molecule has 0 unspecified atom stereocenters. The largest absolute Gasteiger partial charge is 0.348 e. The van der Waals surface area contributed by atoms with Crippen molar-refractivity contribution in [1.29, 1.82) is 0 Å². The van der Waals surface area contributed by atoms with Gasteiger partial charge in [0.1, 0.15) is 6.54 Å². The predicted octanol–water partition coefficient (Wildman–Crippen LogP) is 4.23. The molecule has 134 valence electrons. The lowest BCUT2D eigenvalue weighted by Crippen LogP contribution is -2.34. The van der Waals surface area contributed by atoms with Crippen LogP contribution in [0.3, 0.4) is 0 Å². The molecule has 5 nitrogen and oxygen atoms in total. The standard InChI is InChI=1S/C18H14Cl3N3O2/c1-10(11-2-4-12(19)5-3-11)23-16(25)8-24-9-22-17-14(18(24)26)6-13(20)7-15(17)21/h2-7,9-10H,8H2,1H3,(H,23,25)/t10-/m0/s1. The minimum absolute atomic E-state index is 0.163. The van der Waals surface area contributed by atoms with Crippen molar-refractivity contribution in [3.8, 4) is 0 Å². The van der Waals surface area contributed by atoms with Crippen LogP contribution in [0.25, 0.3) is 10.9 Å². The van der Waals surface area contributed by atoms with Gasteiger partial charge in [-0.15, -0.1) is 0 Å². The van der Waals surface area contributed by atoms with Crippen LogP contribution in [0.15, 0.2) is 47.5 Å². The molecule has 0 aliphatic carbocycles. The number of carbonyl (C=O) groups excluding carboxylic acids is 1. The van der Waals surface area contributed by atoms with E-state index >= 15 is 0 Å². The number of halogens is 3. The summed E-state index contributed by atoms with van der Waals surface area (Å²) in [5.41, 5.74) is 0.881. The lowest BCUT2D eigenvalue weighted by Gasteiger charge is -2.15. The van der Waals surface area contributed by atoms with E-state index in [0.717, 1.165) is 5.56 Å². The fourth-order valence-corrected chi connectivity index (χ4v) is 3.25. The highest BCUT2D eigenvalue weighted by atomic mass is 35.5. The van der Waals surface area contributed by atoms with E-state index in [-0.39, 0.29) is 34.5 Å². The van der Waals surface area contributed by atoms with Gasteiger partial charge in [0.05, 0.1) is 28.3 Å². The van der Waals surface area contributed by atoms with Gasteiger partial charge in [-0.2, -0.15) is 0 Å². The topological polar surface area (TPSA) is 64.0 Å². The summed E-state index contributed by atoms with van der Waals surface area (Å²) >= 11 is 17.9. The quantitative estimate of drug-likeness (QED) is 0.700. The van der Waals surface area contributed by atoms with Gasteiger partial charge in [0.25, 0.3) is 5.56 Å². The number of rotatable bonds is 4. The van der Waals surface area contributed by atoms with Gasteiger partial charge in [0.2, 0.25) is 5.91 Å². The Morgan fingerprint density at radius 1 is 1.15 bits per heavy atom. The Kier molecular flexibility index (Phi) is 5.51. The molecule has 0 aliphatic rings. The number of aromatic nitrogens is 2. The fraction of sp³-hybridized carbons (Fsp3) is 0.167. The minimum Gasteiger partial charge on any atom is -0.348 e. The van der Waals surface area contributed by atoms with Gasteiger partial charge in [-0.1, -0.05) is 46.9 Å². The molecule has 1 N–H and O–H groups in total. The monoisotopic (exact) mass is 409 g/mol. The first-order valence-electron chi connectivity index (χ1n) is 7.74. The van der Waals surface area contributed by atoms with E-state index in [1.807, 2.05) is 19.1 Å². The molecule has 2 aromatic carbocycles. The summed E-state index contributed by atoms with van der Waals surface area (Å²) < 4.78 is 1.22. The van der Waals surface area contributed by atoms with Crippen molar-refractivity contribution in [2.45, 2.75) is 19.5 Å². The molecule has 1 heterocycles. The van der Waals surface area contributed by atoms with Crippen molar-refractivity contribution in [1.82, 2.24) is 14.9 Å². The maximum absolute atomic E-state index is 12.6. The number of nitrogens with one attached hydrogen (secondary N) is 1. The first-order valence-corrected chi connectivity index (χ1v) is 8.87. The van der Waals surface area contributed by atoms with Crippen molar-refractivity contribution in [3.05, 3.63) is 73.7 Å². The summed E-state index contributed by atoms with van der Waals surface area (Å²) in [7, 11) is 0. The maximum atomic E-state index is 12.6. The summed E-state index contributed by atoms with van der Waals surface area (Å²) in [4.78, 5) is 29.0. The molecule has 26 heavy (non-hydrogen) atoms. The highest BCUT2D eigenvalue weighted by molar-refractivity contribution is 6.38. The first kappa shape index (κ1) is 18.7. The van der Waals surface area contributed by atoms with E-state index < -0.39 is 0 Å². The van der Waals surface area contributed by atoms with Gasteiger partial charge in [-0.3, -0.25) is 14.2 Å². The molecule has 0 spiro atoms. The maximum Gasteiger partial charge on any atom is 0.261 e. The zero-order valence-corrected chi connectivity index (χ0v) is 15.9. The molecule has 3 rings (SSSR count). The molecule has 3 aromatic rings. The predicted molar refractivity (Wildman–Crippen MR) is 104 cm³/mol. The van der Waals surface area contributed by atoms with E-state index in [2.05, 4.69) is 10.3 Å². The smallest absolute Gasteiger partial charge is 0.261 e. The Bertz CT molecular complexity index is 1030. The Morgan fingerprint density at radius 3 is 2.54 bits per heavy atom. The van der Waals surface area contributed by atoms with Crippen LogP contribution in [0.4, 0.5) is 0 Å². The van der Waals surface area contributed by atoms with Gasteiger partial charge in [0, 0.05) is 10.0 Å². The van der Waals surface area contributed by atoms with Crippen LogP contribution >= 0.6 is 34.8 Å². The number of carbonyl (C=O) groups is 1. The molecule has 8 heteroatoms. The zero-order chi connectivity index (χ0) is 18.8. The van der Waals surface area contributed by atoms with E-state index in [0.29, 0.717) is 15.6 Å². The number of hydrogen-bond donors (Lipinski definition) is 1. The SMILES string of the molecule is C[C@H](NC(=O)Cn1cnc2c(Cl)cc(Cl)cc2c1=O)c1ccc(Cl)cc1. The van der Waals surface area contributed by atoms with Crippen LogP contribution in [-0.2, 0) is 11.3 Å². The molecule has 1 atom stereocenters. The second-order valence-electron chi connectivity index (χ2n) is 5.80. The van der Waals surface area contributed by atoms with Gasteiger partial charge >= 0.3 is 0 Å². The summed E-state index contributed by atoms with van der Waals surface area (Å²) in [5.74, 6) is -0.316. The van der Waals surface area contributed by atoms with E-state index in [9.17, 15) is 9.59 Å². The second-order valence-corrected chi connectivity index (χ2v) is 7.08. The number of nitrogens with zero attached hydrogens (tertiary/aromatic N) is 2. The van der Waals surface area contributed by atoms with Gasteiger partial charge in [-0.25, -0.2) is 4.98 Å². The van der Waals surface area contributed by atoms with Crippen LogP contribution in [0.5, 0.6) is 0 Å². The van der Waals surface area contributed by atoms with Crippen LogP contribution in [0, 0.1) is 0 Å². The molecule has 0 aliphatic heterocycles. The van der Waals surface area contributed by atoms with Crippen LogP contribution in [0.2, 0.25) is 15.1 Å². The average molecular weight is 411 g/mol. The summed E-state index contributed by atoms with van der Waals surface area (Å²) in [6.07, 6.45) is 1.30. The third kappa shape index (κ3) is 4.01. The van der Waals surface area contributed by atoms with Crippen LogP contribution < -0.4 is 10.9 Å². The molecule has 1 amide bonds. The van der Waals surface area contributed by atoms with Crippen molar-refractivity contribution in [2.75, 3.05) is 0 Å². The Balaban J connectivity index is 1.80. The van der Waals surface area contributed by atoms with Crippen LogP contribution in [-0.4, -0.2) is 15.5 Å². The molecule has 0 fully saturated rings. The Labute approximate surface area is 164 Å². The molecule has 0 bridgehead atoms. The van der Waals surface area contributed by atoms with Crippen molar-refractivity contribution in [2.24, 2.45) is 0 Å². The second kappa shape index (κ2) is 7.66. The molecule has 0 radical (unpaired) electrons. The molecule has 0 saturated heterocycles. The number of fused-ring (bicyclic) bond motifs is 1. The third-order valence-corrected chi connectivity index (χ3v) is 4.67. The lowest BCUT2D eigenvalue weighted by molar-refractivity contribution is -0.122. The Morgan fingerprint density at radius 2 is 1.85 bits per heavy atom. The normalized spacial score (nSPS) is 12.2. The number of hydrogen-bond acceptors (Lipinski definition) is 3. The van der Waals surface area contributed by atoms with Gasteiger partial charge in [-0.05, 0) is 36.8 Å². The molecule has 1 aromatic heterocycles. The van der Waals surface area contributed by atoms with Gasteiger partial charge in [0.15, 0.2) is 0 Å². The number of amides is 1. The van der Waals surface area contributed by atoms with E-state index in [4.69, 9.17) is 34.8 Å². The Hall–Kier alpha value is -2.08. The average Bonchev–Trinajstić information content (AvgIpc) is 2.58. The van der Waals surface area contributed by atoms with Crippen molar-refractivity contribution >= 4 is 51.6 Å². The summed E-state index contributed by atoms with van der Waals surface area (Å²) in [6.45, 7) is 1.69. The highest BCUT2D eigenvalue weighted by Gasteiger charge is 2.13. The van der Waals surface area contributed by atoms with Crippen molar-refractivity contribution < 1.29 is 4.79 Å². The molecular weight excluding hydrogens is 397 g/mol. The van der Waals surface area contributed by atoms with Crippen molar-refractivity contribution in [3.63, 3.8) is 0 Å². The fourth-order valence-electron chi connectivity index (χ4n) is 2.58. The zero-order valence-electron chi connectivity index (χ0n) is 13.7. The highest BCUT2D eigenvalue weighted by Crippen LogP contribution is 2.24. The van der Waals surface area contributed by atoms with E-state index in [1.165, 1.54) is 23.0 Å². The molecular formula is C18H14Cl3N3O2. The summed E-state index contributed by atoms with van der Waals surface area (Å²) in [6, 6.07) is 9.95. The minimum atomic E-state index is -0.381. The molecule has 0 saturated carbocycles.